The molecular weight excluding hydrogens is 366 g/mol. The van der Waals surface area contributed by atoms with Gasteiger partial charge in [-0.2, -0.15) is 9.50 Å². The molecule has 1 aliphatic heterocycles. The predicted octanol–water partition coefficient (Wildman–Crippen LogP) is 2.58. The van der Waals surface area contributed by atoms with E-state index in [0.29, 0.717) is 23.2 Å². The van der Waals surface area contributed by atoms with E-state index in [0.717, 1.165) is 42.4 Å². The van der Waals surface area contributed by atoms with Crippen molar-refractivity contribution in [1.82, 2.24) is 39.7 Å². The van der Waals surface area contributed by atoms with Crippen molar-refractivity contribution < 1.29 is 0 Å². The summed E-state index contributed by atoms with van der Waals surface area (Å²) in [4.78, 5) is 20.0. The second kappa shape index (κ2) is 7.16. The molecule has 1 unspecified atom stereocenters. The molecule has 0 aliphatic carbocycles. The molecule has 0 spiro atoms. The highest BCUT2D eigenvalue weighted by atomic mass is 15.4. The maximum atomic E-state index is 4.78. The van der Waals surface area contributed by atoms with Crippen molar-refractivity contribution >= 4 is 11.7 Å². The first-order valence-corrected chi connectivity index (χ1v) is 9.78. The van der Waals surface area contributed by atoms with E-state index in [-0.39, 0.29) is 0 Å². The van der Waals surface area contributed by atoms with Gasteiger partial charge in [0.05, 0.1) is 11.4 Å². The van der Waals surface area contributed by atoms with Crippen molar-refractivity contribution in [3.05, 3.63) is 42.5 Å². The molecule has 1 saturated heterocycles. The summed E-state index contributed by atoms with van der Waals surface area (Å²) in [6.07, 6.45) is 7.63. The summed E-state index contributed by atoms with van der Waals surface area (Å²) >= 11 is 0. The Bertz CT molecular complexity index is 1160. The van der Waals surface area contributed by atoms with Gasteiger partial charge in [0.2, 0.25) is 5.95 Å². The minimum Gasteiger partial charge on any atom is -0.341 e. The summed E-state index contributed by atoms with van der Waals surface area (Å²) in [5, 5.41) is 13.3. The van der Waals surface area contributed by atoms with Crippen molar-refractivity contribution in [2.45, 2.75) is 26.7 Å². The second-order valence-corrected chi connectivity index (χ2v) is 7.45. The lowest BCUT2D eigenvalue weighted by Gasteiger charge is -2.30. The molecule has 5 rings (SSSR count). The van der Waals surface area contributed by atoms with Crippen LogP contribution in [0.3, 0.4) is 0 Å². The Kier molecular flexibility index (Phi) is 4.34. The van der Waals surface area contributed by atoms with Crippen LogP contribution >= 0.6 is 0 Å². The predicted molar refractivity (Wildman–Crippen MR) is 108 cm³/mol. The van der Waals surface area contributed by atoms with E-state index in [9.17, 15) is 0 Å². The Morgan fingerprint density at radius 1 is 1.03 bits per heavy atom. The SMILES string of the molecule is Cc1c(-c2ccnc(N3CCCC(C)C3)n2)nnc2nc(-c3ccncc3)nn12. The molecule has 146 valence electrons. The number of nitrogens with zero attached hydrogens (tertiary/aromatic N) is 9. The fraction of sp³-hybridized carbons (Fsp3) is 0.350. The zero-order valence-electron chi connectivity index (χ0n) is 16.4. The van der Waals surface area contributed by atoms with Gasteiger partial charge in [-0.05, 0) is 43.9 Å². The highest BCUT2D eigenvalue weighted by Gasteiger charge is 2.20. The third-order valence-corrected chi connectivity index (χ3v) is 5.25. The van der Waals surface area contributed by atoms with Crippen LogP contribution in [0.1, 0.15) is 25.5 Å². The number of hydrogen-bond acceptors (Lipinski definition) is 8. The Morgan fingerprint density at radius 2 is 1.90 bits per heavy atom. The Balaban J connectivity index is 1.54. The maximum absolute atomic E-state index is 4.78. The van der Waals surface area contributed by atoms with Gasteiger partial charge in [-0.3, -0.25) is 4.98 Å². The Labute approximate surface area is 167 Å². The topological polar surface area (TPSA) is 97.9 Å². The summed E-state index contributed by atoms with van der Waals surface area (Å²) in [6.45, 7) is 6.18. The van der Waals surface area contributed by atoms with Gasteiger partial charge in [-0.25, -0.2) is 9.97 Å². The van der Waals surface area contributed by atoms with E-state index in [1.165, 1.54) is 6.42 Å². The van der Waals surface area contributed by atoms with Gasteiger partial charge >= 0.3 is 0 Å². The minimum absolute atomic E-state index is 0.456. The molecule has 0 bridgehead atoms. The molecule has 0 amide bonds. The molecule has 1 fully saturated rings. The molecular formula is C20H21N9. The quantitative estimate of drug-likeness (QED) is 0.529. The lowest BCUT2D eigenvalue weighted by molar-refractivity contribution is 0.442. The first-order valence-electron chi connectivity index (χ1n) is 9.78. The molecule has 0 N–H and O–H groups in total. The number of aryl methyl sites for hydroxylation is 1. The van der Waals surface area contributed by atoms with Crippen LogP contribution in [-0.2, 0) is 0 Å². The van der Waals surface area contributed by atoms with Gasteiger partial charge in [0.25, 0.3) is 5.78 Å². The molecule has 4 aromatic rings. The number of pyridine rings is 1. The fourth-order valence-electron chi connectivity index (χ4n) is 3.72. The van der Waals surface area contributed by atoms with E-state index >= 15 is 0 Å². The molecule has 1 atom stereocenters. The second-order valence-electron chi connectivity index (χ2n) is 7.45. The van der Waals surface area contributed by atoms with Crippen molar-refractivity contribution in [3.8, 4) is 22.8 Å². The standard InChI is InChI=1S/C20H21N9/c1-13-4-3-11-28(12-13)19-22-10-7-16(23-19)17-14(2)29-20(26-25-17)24-18(27-29)15-5-8-21-9-6-15/h5-10,13H,3-4,11-12H2,1-2H3. The molecule has 9 nitrogen and oxygen atoms in total. The maximum Gasteiger partial charge on any atom is 0.272 e. The van der Waals surface area contributed by atoms with Gasteiger partial charge in [-0.1, -0.05) is 6.92 Å². The molecule has 4 aromatic heterocycles. The summed E-state index contributed by atoms with van der Waals surface area (Å²) in [5.74, 6) is 2.44. The van der Waals surface area contributed by atoms with Crippen LogP contribution in [-0.4, -0.2) is 52.8 Å². The number of aromatic nitrogens is 8. The first kappa shape index (κ1) is 17.6. The van der Waals surface area contributed by atoms with E-state index in [1.54, 1.807) is 23.1 Å². The first-order chi connectivity index (χ1) is 14.2. The highest BCUT2D eigenvalue weighted by Crippen LogP contribution is 2.24. The number of piperidine rings is 1. The van der Waals surface area contributed by atoms with Crippen LogP contribution in [0.4, 0.5) is 5.95 Å². The number of hydrogen-bond donors (Lipinski definition) is 0. The van der Waals surface area contributed by atoms with E-state index in [2.05, 4.69) is 42.1 Å². The third-order valence-electron chi connectivity index (χ3n) is 5.25. The van der Waals surface area contributed by atoms with Crippen LogP contribution in [0.25, 0.3) is 28.6 Å². The lowest BCUT2D eigenvalue weighted by Crippen LogP contribution is -2.35. The lowest BCUT2D eigenvalue weighted by atomic mass is 10.0. The van der Waals surface area contributed by atoms with Crippen LogP contribution < -0.4 is 4.90 Å². The summed E-state index contributed by atoms with van der Waals surface area (Å²) in [7, 11) is 0. The largest absolute Gasteiger partial charge is 0.341 e. The van der Waals surface area contributed by atoms with Crippen molar-refractivity contribution in [2.75, 3.05) is 18.0 Å². The summed E-state index contributed by atoms with van der Waals surface area (Å²) in [5.41, 5.74) is 3.13. The van der Waals surface area contributed by atoms with Gasteiger partial charge < -0.3 is 4.90 Å². The number of rotatable bonds is 3. The molecule has 0 saturated carbocycles. The van der Waals surface area contributed by atoms with Crippen LogP contribution in [0.15, 0.2) is 36.8 Å². The number of fused-ring (bicyclic) bond motifs is 1. The van der Waals surface area contributed by atoms with Crippen LogP contribution in [0, 0.1) is 12.8 Å². The number of anilines is 1. The summed E-state index contributed by atoms with van der Waals surface area (Å²) in [6, 6.07) is 5.60. The van der Waals surface area contributed by atoms with Gasteiger partial charge in [-0.15, -0.1) is 15.3 Å². The molecule has 5 heterocycles. The monoisotopic (exact) mass is 387 g/mol. The smallest absolute Gasteiger partial charge is 0.272 e. The summed E-state index contributed by atoms with van der Waals surface area (Å²) < 4.78 is 1.71. The zero-order valence-corrected chi connectivity index (χ0v) is 16.4. The highest BCUT2D eigenvalue weighted by molar-refractivity contribution is 5.61. The van der Waals surface area contributed by atoms with E-state index < -0.39 is 0 Å². The van der Waals surface area contributed by atoms with E-state index in [4.69, 9.17) is 4.98 Å². The fourth-order valence-corrected chi connectivity index (χ4v) is 3.72. The third kappa shape index (κ3) is 3.28. The van der Waals surface area contributed by atoms with Crippen molar-refractivity contribution in [1.29, 1.82) is 0 Å². The molecule has 9 heteroatoms. The van der Waals surface area contributed by atoms with Gasteiger partial charge in [0.1, 0.15) is 5.69 Å². The van der Waals surface area contributed by atoms with E-state index in [1.807, 2.05) is 25.1 Å². The average Bonchev–Trinajstić information content (AvgIpc) is 3.20. The minimum atomic E-state index is 0.456. The molecule has 1 aliphatic rings. The normalized spacial score (nSPS) is 17.0. The zero-order chi connectivity index (χ0) is 19.8. The van der Waals surface area contributed by atoms with Crippen molar-refractivity contribution in [3.63, 3.8) is 0 Å². The molecule has 0 radical (unpaired) electrons. The molecule has 29 heavy (non-hydrogen) atoms. The Hall–Kier alpha value is -3.49. The van der Waals surface area contributed by atoms with Gasteiger partial charge in [0.15, 0.2) is 5.82 Å². The van der Waals surface area contributed by atoms with Crippen molar-refractivity contribution in [2.24, 2.45) is 5.92 Å². The average molecular weight is 387 g/mol. The molecule has 0 aromatic carbocycles. The van der Waals surface area contributed by atoms with Gasteiger partial charge in [0, 0.05) is 37.2 Å². The van der Waals surface area contributed by atoms with Crippen LogP contribution in [0.5, 0.6) is 0 Å². The van der Waals surface area contributed by atoms with Crippen LogP contribution in [0.2, 0.25) is 0 Å². The Morgan fingerprint density at radius 3 is 2.72 bits per heavy atom.